The molecule has 32 heavy (non-hydrogen) atoms. The number of carbonyl (C=O) groups excluding carboxylic acids is 1. The van der Waals surface area contributed by atoms with E-state index in [1.165, 1.54) is 5.56 Å². The van der Waals surface area contributed by atoms with Gasteiger partial charge >= 0.3 is 5.97 Å². The van der Waals surface area contributed by atoms with E-state index in [0.717, 1.165) is 28.0 Å². The van der Waals surface area contributed by atoms with Crippen LogP contribution in [-0.2, 0) is 15.0 Å². The predicted molar refractivity (Wildman–Crippen MR) is 130 cm³/mol. The Hall–Kier alpha value is -2.84. The number of thiocarbonyl (C=S) groups is 1. The van der Waals surface area contributed by atoms with Crippen LogP contribution in [0.1, 0.15) is 31.9 Å². The second kappa shape index (κ2) is 10.2. The molecule has 2 aromatic carbocycles. The lowest BCUT2D eigenvalue weighted by Gasteiger charge is -2.19. The molecule has 3 rings (SSSR count). The van der Waals surface area contributed by atoms with Gasteiger partial charge in [-0.2, -0.15) is 0 Å². The van der Waals surface area contributed by atoms with Gasteiger partial charge in [0.05, 0.1) is 4.91 Å². The highest BCUT2D eigenvalue weighted by atomic mass is 32.2. The van der Waals surface area contributed by atoms with Crippen LogP contribution in [0.5, 0.6) is 11.5 Å². The number of nitrogens with zero attached hydrogens (tertiary/aromatic N) is 1. The van der Waals surface area contributed by atoms with Gasteiger partial charge in [0.2, 0.25) is 0 Å². The van der Waals surface area contributed by atoms with E-state index < -0.39 is 18.4 Å². The molecule has 1 fully saturated rings. The molecule has 1 amide bonds. The molecule has 2 aromatic rings. The average Bonchev–Trinajstić information content (AvgIpc) is 2.99. The van der Waals surface area contributed by atoms with Crippen molar-refractivity contribution in [3.63, 3.8) is 0 Å². The third-order valence-electron chi connectivity index (χ3n) is 4.69. The first-order chi connectivity index (χ1) is 15.1. The van der Waals surface area contributed by atoms with Gasteiger partial charge in [-0.25, -0.2) is 0 Å². The molecule has 168 valence electrons. The van der Waals surface area contributed by atoms with Crippen molar-refractivity contribution in [1.82, 2.24) is 4.90 Å². The van der Waals surface area contributed by atoms with Crippen LogP contribution < -0.4 is 9.47 Å². The molecule has 0 aromatic heterocycles. The van der Waals surface area contributed by atoms with E-state index in [2.05, 4.69) is 32.9 Å². The van der Waals surface area contributed by atoms with E-state index >= 15 is 0 Å². The van der Waals surface area contributed by atoms with E-state index in [1.807, 2.05) is 36.4 Å². The molecule has 1 N–H and O–H groups in total. The minimum absolute atomic E-state index is 0.108. The number of thioether (sulfide) groups is 1. The highest BCUT2D eigenvalue weighted by molar-refractivity contribution is 8.26. The van der Waals surface area contributed by atoms with Gasteiger partial charge in [0.15, 0.2) is 0 Å². The molecular weight excluding hydrogens is 446 g/mol. The van der Waals surface area contributed by atoms with Crippen molar-refractivity contribution in [1.29, 1.82) is 0 Å². The summed E-state index contributed by atoms with van der Waals surface area (Å²) in [6.07, 6.45) is 1.69. The van der Waals surface area contributed by atoms with Gasteiger partial charge in [-0.3, -0.25) is 14.5 Å². The fraction of sp³-hybridized carbons (Fsp3) is 0.292. The number of carbonyl (C=O) groups is 2. The van der Waals surface area contributed by atoms with Crippen molar-refractivity contribution in [2.45, 2.75) is 26.2 Å². The molecule has 0 spiro atoms. The van der Waals surface area contributed by atoms with E-state index in [1.54, 1.807) is 6.08 Å². The van der Waals surface area contributed by atoms with Crippen LogP contribution in [0.4, 0.5) is 0 Å². The van der Waals surface area contributed by atoms with Crippen LogP contribution in [-0.4, -0.2) is 46.0 Å². The number of benzene rings is 2. The summed E-state index contributed by atoms with van der Waals surface area (Å²) in [7, 11) is 0. The maximum atomic E-state index is 12.3. The Labute approximate surface area is 197 Å². The van der Waals surface area contributed by atoms with Crippen LogP contribution in [0, 0.1) is 0 Å². The second-order valence-corrected chi connectivity index (χ2v) is 9.88. The molecule has 6 nitrogen and oxygen atoms in total. The maximum absolute atomic E-state index is 12.3. The van der Waals surface area contributed by atoms with Gasteiger partial charge in [-0.1, -0.05) is 69.0 Å². The molecule has 1 saturated heterocycles. The van der Waals surface area contributed by atoms with Crippen LogP contribution in [0.15, 0.2) is 53.4 Å². The minimum atomic E-state index is -1.10. The molecule has 1 aliphatic heterocycles. The van der Waals surface area contributed by atoms with Crippen LogP contribution in [0.25, 0.3) is 6.08 Å². The first-order valence-electron chi connectivity index (χ1n) is 10.1. The van der Waals surface area contributed by atoms with Gasteiger partial charge < -0.3 is 14.6 Å². The van der Waals surface area contributed by atoms with Gasteiger partial charge in [0, 0.05) is 0 Å². The van der Waals surface area contributed by atoms with Crippen molar-refractivity contribution in [2.24, 2.45) is 0 Å². The number of hydrogen-bond donors (Lipinski definition) is 1. The van der Waals surface area contributed by atoms with E-state index in [-0.39, 0.29) is 9.74 Å². The van der Waals surface area contributed by atoms with Gasteiger partial charge in [-0.15, -0.1) is 0 Å². The maximum Gasteiger partial charge on any atom is 0.323 e. The minimum Gasteiger partial charge on any atom is -0.490 e. The fourth-order valence-corrected chi connectivity index (χ4v) is 4.21. The molecule has 0 bridgehead atoms. The first-order valence-corrected chi connectivity index (χ1v) is 11.3. The van der Waals surface area contributed by atoms with E-state index in [0.29, 0.717) is 23.9 Å². The molecule has 0 unspecified atom stereocenters. The van der Waals surface area contributed by atoms with Gasteiger partial charge in [-0.05, 0) is 46.9 Å². The van der Waals surface area contributed by atoms with E-state index in [4.69, 9.17) is 26.8 Å². The van der Waals surface area contributed by atoms with Crippen LogP contribution in [0.2, 0.25) is 0 Å². The second-order valence-electron chi connectivity index (χ2n) is 8.20. The normalized spacial score (nSPS) is 15.3. The topological polar surface area (TPSA) is 76.1 Å². The quantitative estimate of drug-likeness (QED) is 0.339. The third-order valence-corrected chi connectivity index (χ3v) is 6.06. The molecule has 8 heteroatoms. The molecular formula is C24H25NO5S2. The van der Waals surface area contributed by atoms with Crippen molar-refractivity contribution in [3.05, 3.63) is 64.6 Å². The summed E-state index contributed by atoms with van der Waals surface area (Å²) in [6.45, 7) is 6.90. The lowest BCUT2D eigenvalue weighted by atomic mass is 9.87. The summed E-state index contributed by atoms with van der Waals surface area (Å²) in [5.74, 6) is -0.00484. The zero-order valence-corrected chi connectivity index (χ0v) is 19.8. The molecule has 0 aliphatic carbocycles. The lowest BCUT2D eigenvalue weighted by molar-refractivity contribution is -0.140. The smallest absolute Gasteiger partial charge is 0.323 e. The number of rotatable bonds is 8. The Morgan fingerprint density at radius 1 is 1.03 bits per heavy atom. The number of carboxylic acid groups (broad SMARTS) is 1. The summed E-state index contributed by atoms with van der Waals surface area (Å²) in [4.78, 5) is 24.7. The Morgan fingerprint density at radius 3 is 2.06 bits per heavy atom. The monoisotopic (exact) mass is 471 g/mol. The van der Waals surface area contributed by atoms with Gasteiger partial charge in [0.1, 0.15) is 35.6 Å². The summed E-state index contributed by atoms with van der Waals surface area (Å²) in [5.41, 5.74) is 2.16. The summed E-state index contributed by atoms with van der Waals surface area (Å²) in [5, 5.41) is 8.90. The van der Waals surface area contributed by atoms with E-state index in [9.17, 15) is 9.59 Å². The Bertz CT molecular complexity index is 1020. The molecule has 1 heterocycles. The Balaban J connectivity index is 1.49. The average molecular weight is 472 g/mol. The summed E-state index contributed by atoms with van der Waals surface area (Å²) in [6, 6.07) is 15.3. The van der Waals surface area contributed by atoms with Crippen molar-refractivity contribution >= 4 is 46.3 Å². The lowest BCUT2D eigenvalue weighted by Crippen LogP contribution is -2.33. The standard InChI is InChI=1S/C24H25NO5S2/c1-24(2,3)17-6-10-19(11-7-17)30-13-12-29-18-8-4-16(5-9-18)14-20-22(28)25(15-21(26)27)23(31)32-20/h4-11,14H,12-13,15H2,1-3H3,(H,26,27)/b20-14+. The number of hydrogen-bond acceptors (Lipinski definition) is 6. The molecule has 0 atom stereocenters. The number of amides is 1. The van der Waals surface area contributed by atoms with Crippen LogP contribution >= 0.6 is 24.0 Å². The Morgan fingerprint density at radius 2 is 1.56 bits per heavy atom. The molecule has 1 aliphatic rings. The highest BCUT2D eigenvalue weighted by Gasteiger charge is 2.33. The SMILES string of the molecule is CC(C)(C)c1ccc(OCCOc2ccc(/C=C3/SC(=S)N(CC(=O)O)C3=O)cc2)cc1. The van der Waals surface area contributed by atoms with Gasteiger partial charge in [0.25, 0.3) is 5.91 Å². The third kappa shape index (κ3) is 6.34. The molecule has 0 saturated carbocycles. The largest absolute Gasteiger partial charge is 0.490 e. The predicted octanol–water partition coefficient (Wildman–Crippen LogP) is 4.73. The molecule has 0 radical (unpaired) electrons. The first kappa shape index (κ1) is 23.8. The number of ether oxygens (including phenoxy) is 2. The number of aliphatic carboxylic acids is 1. The van der Waals surface area contributed by atoms with Crippen LogP contribution in [0.3, 0.4) is 0 Å². The van der Waals surface area contributed by atoms with Crippen molar-refractivity contribution < 1.29 is 24.2 Å². The zero-order valence-electron chi connectivity index (χ0n) is 18.2. The highest BCUT2D eigenvalue weighted by Crippen LogP contribution is 2.32. The number of carboxylic acids is 1. The summed E-state index contributed by atoms with van der Waals surface area (Å²) < 4.78 is 11.7. The van der Waals surface area contributed by atoms with Crippen molar-refractivity contribution in [3.8, 4) is 11.5 Å². The fourth-order valence-electron chi connectivity index (χ4n) is 2.95. The Kier molecular flexibility index (Phi) is 7.58. The summed E-state index contributed by atoms with van der Waals surface area (Å²) >= 11 is 6.20. The zero-order chi connectivity index (χ0) is 23.3. The van der Waals surface area contributed by atoms with Crippen molar-refractivity contribution in [2.75, 3.05) is 19.8 Å².